The number of hydrogen-bond donors (Lipinski definition) is 1. The predicted octanol–water partition coefficient (Wildman–Crippen LogP) is 0.756. The molecule has 2 heterocycles. The van der Waals surface area contributed by atoms with Crippen molar-refractivity contribution in [3.63, 3.8) is 0 Å². The topological polar surface area (TPSA) is 83.1 Å². The molecule has 0 bridgehead atoms. The second-order valence-electron chi connectivity index (χ2n) is 4.44. The van der Waals surface area contributed by atoms with Gasteiger partial charge in [-0.3, -0.25) is 10.3 Å². The number of carbonyl (C=O) groups is 2. The van der Waals surface area contributed by atoms with Gasteiger partial charge in [0.25, 0.3) is 5.79 Å². The van der Waals surface area contributed by atoms with Crippen molar-refractivity contribution in [2.45, 2.75) is 5.79 Å². The maximum Gasteiger partial charge on any atom is 0.337 e. The summed E-state index contributed by atoms with van der Waals surface area (Å²) in [5, 5.41) is 0. The highest BCUT2D eigenvalue weighted by Crippen LogP contribution is 2.33. The Morgan fingerprint density at radius 2 is 2.25 bits per heavy atom. The fourth-order valence-electron chi connectivity index (χ4n) is 2.16. The Bertz CT molecular complexity index is 564. The highest BCUT2D eigenvalue weighted by molar-refractivity contribution is 6.08. The van der Waals surface area contributed by atoms with Crippen molar-refractivity contribution >= 4 is 17.4 Å². The van der Waals surface area contributed by atoms with Crippen molar-refractivity contribution < 1.29 is 28.6 Å². The molecule has 2 aliphatic heterocycles. The van der Waals surface area contributed by atoms with Gasteiger partial charge >= 0.3 is 5.97 Å². The summed E-state index contributed by atoms with van der Waals surface area (Å²) in [7, 11) is 1.29. The van der Waals surface area contributed by atoms with Crippen molar-refractivity contribution in [2.75, 3.05) is 32.4 Å². The van der Waals surface area contributed by atoms with E-state index in [4.69, 9.17) is 14.3 Å². The van der Waals surface area contributed by atoms with Gasteiger partial charge < -0.3 is 14.2 Å². The van der Waals surface area contributed by atoms with Crippen LogP contribution in [0.5, 0.6) is 0 Å². The SMILES string of the molecule is COC(=O)c1ccc2c(c1)NOC1(COCCO1)C2=O. The molecular formula is C13H13NO6. The van der Waals surface area contributed by atoms with Gasteiger partial charge in [0.05, 0.1) is 31.6 Å². The number of esters is 1. The zero-order valence-electron chi connectivity index (χ0n) is 10.8. The molecule has 3 rings (SSSR count). The number of rotatable bonds is 1. The van der Waals surface area contributed by atoms with E-state index in [1.807, 2.05) is 0 Å². The van der Waals surface area contributed by atoms with Crippen LogP contribution in [-0.4, -0.2) is 44.5 Å². The molecule has 7 nitrogen and oxygen atoms in total. The standard InChI is InChI=1S/C13H13NO6/c1-17-12(16)8-2-3-9-10(6-8)14-20-13(11(9)15)7-18-4-5-19-13/h2-3,6,14H,4-5,7H2,1H3. The van der Waals surface area contributed by atoms with E-state index in [1.165, 1.54) is 19.2 Å². The van der Waals surface area contributed by atoms with Crippen LogP contribution >= 0.6 is 0 Å². The van der Waals surface area contributed by atoms with Gasteiger partial charge in [-0.05, 0) is 18.2 Å². The van der Waals surface area contributed by atoms with Gasteiger partial charge in [0.15, 0.2) is 0 Å². The molecule has 106 valence electrons. The first-order valence-electron chi connectivity index (χ1n) is 6.09. The molecule has 0 radical (unpaired) electrons. The third-order valence-corrected chi connectivity index (χ3v) is 3.21. The Morgan fingerprint density at radius 3 is 2.95 bits per heavy atom. The van der Waals surface area contributed by atoms with E-state index in [9.17, 15) is 9.59 Å². The van der Waals surface area contributed by atoms with Crippen LogP contribution in [-0.2, 0) is 19.0 Å². The van der Waals surface area contributed by atoms with Crippen molar-refractivity contribution in [1.82, 2.24) is 0 Å². The summed E-state index contributed by atoms with van der Waals surface area (Å²) in [6.07, 6.45) is 0. The number of carbonyl (C=O) groups excluding carboxylic acids is 2. The normalized spacial score (nSPS) is 24.9. The number of ketones is 1. The molecule has 0 saturated carbocycles. The minimum atomic E-state index is -1.45. The average molecular weight is 279 g/mol. The van der Waals surface area contributed by atoms with Gasteiger partial charge in [0.1, 0.15) is 6.61 Å². The second kappa shape index (κ2) is 4.86. The zero-order valence-corrected chi connectivity index (χ0v) is 10.8. The molecule has 7 heteroatoms. The number of benzene rings is 1. The maximum atomic E-state index is 12.5. The number of methoxy groups -OCH3 is 1. The molecule has 2 aliphatic rings. The quantitative estimate of drug-likeness (QED) is 0.760. The summed E-state index contributed by atoms with van der Waals surface area (Å²) in [6, 6.07) is 4.56. The number of Topliss-reactive ketones (excluding diaryl/α,β-unsaturated/α-hetero) is 1. The van der Waals surface area contributed by atoms with E-state index in [1.54, 1.807) is 6.07 Å². The summed E-state index contributed by atoms with van der Waals surface area (Å²) in [5.41, 5.74) is 3.75. The van der Waals surface area contributed by atoms with Crippen LogP contribution in [0.15, 0.2) is 18.2 Å². The maximum absolute atomic E-state index is 12.5. The van der Waals surface area contributed by atoms with Gasteiger partial charge in [-0.1, -0.05) is 0 Å². The lowest BCUT2D eigenvalue weighted by Crippen LogP contribution is -2.55. The fourth-order valence-corrected chi connectivity index (χ4v) is 2.16. The molecule has 1 atom stereocenters. The summed E-state index contributed by atoms with van der Waals surface area (Å²) < 4.78 is 15.3. The second-order valence-corrected chi connectivity index (χ2v) is 4.44. The first-order chi connectivity index (χ1) is 9.66. The fraction of sp³-hybridized carbons (Fsp3) is 0.385. The van der Waals surface area contributed by atoms with Crippen molar-refractivity contribution in [3.05, 3.63) is 29.3 Å². The number of ether oxygens (including phenoxy) is 3. The molecule has 1 saturated heterocycles. The minimum absolute atomic E-state index is 0.0248. The van der Waals surface area contributed by atoms with Gasteiger partial charge in [-0.2, -0.15) is 0 Å². The lowest BCUT2D eigenvalue weighted by atomic mass is 9.98. The first kappa shape index (κ1) is 13.0. The van der Waals surface area contributed by atoms with E-state index in [0.717, 1.165) is 0 Å². The third kappa shape index (κ3) is 1.96. The first-order valence-corrected chi connectivity index (χ1v) is 6.09. The van der Waals surface area contributed by atoms with Crippen LogP contribution in [0.1, 0.15) is 20.7 Å². The number of anilines is 1. The summed E-state index contributed by atoms with van der Waals surface area (Å²) in [6.45, 7) is 0.729. The van der Waals surface area contributed by atoms with Gasteiger partial charge in [-0.25, -0.2) is 9.63 Å². The van der Waals surface area contributed by atoms with Gasteiger partial charge in [0.2, 0.25) is 5.78 Å². The summed E-state index contributed by atoms with van der Waals surface area (Å²) in [5.74, 6) is -2.26. The zero-order chi connectivity index (χ0) is 14.2. The highest BCUT2D eigenvalue weighted by Gasteiger charge is 2.48. The molecule has 0 aromatic heterocycles. The Kier molecular flexibility index (Phi) is 3.17. The molecule has 0 aliphatic carbocycles. The molecule has 1 aromatic rings. The Morgan fingerprint density at radius 1 is 1.40 bits per heavy atom. The molecular weight excluding hydrogens is 266 g/mol. The van der Waals surface area contributed by atoms with Crippen LogP contribution in [0.4, 0.5) is 5.69 Å². The van der Waals surface area contributed by atoms with E-state index in [-0.39, 0.29) is 19.0 Å². The Balaban J connectivity index is 1.94. The number of fused-ring (bicyclic) bond motifs is 1. The number of nitrogens with one attached hydrogen (secondary N) is 1. The lowest BCUT2D eigenvalue weighted by molar-refractivity contribution is -0.251. The van der Waals surface area contributed by atoms with E-state index < -0.39 is 11.8 Å². The lowest BCUT2D eigenvalue weighted by Gasteiger charge is -2.38. The van der Waals surface area contributed by atoms with Gasteiger partial charge in [-0.15, -0.1) is 0 Å². The highest BCUT2D eigenvalue weighted by atomic mass is 16.8. The van der Waals surface area contributed by atoms with Crippen molar-refractivity contribution in [2.24, 2.45) is 0 Å². The van der Waals surface area contributed by atoms with Crippen LogP contribution in [0.25, 0.3) is 0 Å². The Hall–Kier alpha value is -1.96. The van der Waals surface area contributed by atoms with Gasteiger partial charge in [0, 0.05) is 5.56 Å². The third-order valence-electron chi connectivity index (χ3n) is 3.21. The summed E-state index contributed by atoms with van der Waals surface area (Å²) in [4.78, 5) is 29.2. The van der Waals surface area contributed by atoms with E-state index in [2.05, 4.69) is 10.2 Å². The summed E-state index contributed by atoms with van der Waals surface area (Å²) >= 11 is 0. The predicted molar refractivity (Wildman–Crippen MR) is 66.3 cm³/mol. The molecule has 20 heavy (non-hydrogen) atoms. The largest absolute Gasteiger partial charge is 0.465 e. The molecule has 0 amide bonds. The smallest absolute Gasteiger partial charge is 0.337 e. The molecule has 1 spiro atoms. The number of hydrogen-bond acceptors (Lipinski definition) is 7. The van der Waals surface area contributed by atoms with Crippen LogP contribution in [0.2, 0.25) is 0 Å². The van der Waals surface area contributed by atoms with Crippen LogP contribution in [0.3, 0.4) is 0 Å². The van der Waals surface area contributed by atoms with Crippen molar-refractivity contribution in [1.29, 1.82) is 0 Å². The van der Waals surface area contributed by atoms with Crippen LogP contribution < -0.4 is 5.48 Å². The van der Waals surface area contributed by atoms with E-state index >= 15 is 0 Å². The molecule has 1 fully saturated rings. The van der Waals surface area contributed by atoms with Crippen LogP contribution in [0, 0.1) is 0 Å². The Labute approximate surface area is 114 Å². The minimum Gasteiger partial charge on any atom is -0.465 e. The van der Waals surface area contributed by atoms with Crippen molar-refractivity contribution in [3.8, 4) is 0 Å². The average Bonchev–Trinajstić information content (AvgIpc) is 2.51. The molecule has 1 aromatic carbocycles. The van der Waals surface area contributed by atoms with E-state index in [0.29, 0.717) is 23.4 Å². The molecule has 1 unspecified atom stereocenters. The monoisotopic (exact) mass is 279 g/mol. The molecule has 1 N–H and O–H groups in total.